The largest absolute Gasteiger partial charge is 0.255 e. The lowest BCUT2D eigenvalue weighted by Gasteiger charge is -2.05. The SMILES string of the molecule is CCCCCc1ccc(Cl)c(S(C)=O)c1. The van der Waals surface area contributed by atoms with Crippen LogP contribution >= 0.6 is 11.6 Å². The van der Waals surface area contributed by atoms with Crippen molar-refractivity contribution in [3.8, 4) is 0 Å². The van der Waals surface area contributed by atoms with Gasteiger partial charge in [0, 0.05) is 6.26 Å². The molecule has 0 amide bonds. The number of benzene rings is 1. The summed E-state index contributed by atoms with van der Waals surface area (Å²) in [6.07, 6.45) is 6.37. The topological polar surface area (TPSA) is 17.1 Å². The second-order valence-electron chi connectivity index (χ2n) is 3.68. The van der Waals surface area contributed by atoms with E-state index in [1.54, 1.807) is 6.26 Å². The van der Waals surface area contributed by atoms with E-state index in [4.69, 9.17) is 11.6 Å². The molecule has 0 saturated carbocycles. The summed E-state index contributed by atoms with van der Waals surface area (Å²) in [5.74, 6) is 0. The smallest absolute Gasteiger partial charge is 0.0574 e. The number of halogens is 1. The Labute approximate surface area is 99.3 Å². The molecule has 1 rings (SSSR count). The molecule has 0 saturated heterocycles. The monoisotopic (exact) mass is 244 g/mol. The summed E-state index contributed by atoms with van der Waals surface area (Å²) in [6, 6.07) is 5.84. The summed E-state index contributed by atoms with van der Waals surface area (Å²) in [5, 5.41) is 0.607. The summed E-state index contributed by atoms with van der Waals surface area (Å²) >= 11 is 5.96. The van der Waals surface area contributed by atoms with Crippen molar-refractivity contribution >= 4 is 22.4 Å². The molecule has 0 radical (unpaired) electrons. The van der Waals surface area contributed by atoms with Crippen molar-refractivity contribution in [1.29, 1.82) is 0 Å². The lowest BCUT2D eigenvalue weighted by atomic mass is 10.1. The zero-order valence-electron chi connectivity index (χ0n) is 9.25. The van der Waals surface area contributed by atoms with Gasteiger partial charge in [-0.05, 0) is 30.5 Å². The van der Waals surface area contributed by atoms with E-state index in [0.29, 0.717) is 5.02 Å². The molecule has 1 aromatic carbocycles. The Morgan fingerprint density at radius 1 is 1.33 bits per heavy atom. The maximum atomic E-state index is 11.4. The van der Waals surface area contributed by atoms with Crippen molar-refractivity contribution in [3.63, 3.8) is 0 Å². The van der Waals surface area contributed by atoms with Gasteiger partial charge in [0.05, 0.1) is 20.7 Å². The van der Waals surface area contributed by atoms with Crippen molar-refractivity contribution < 1.29 is 4.21 Å². The molecule has 0 heterocycles. The van der Waals surface area contributed by atoms with Gasteiger partial charge < -0.3 is 0 Å². The maximum absolute atomic E-state index is 11.4. The van der Waals surface area contributed by atoms with E-state index in [-0.39, 0.29) is 0 Å². The van der Waals surface area contributed by atoms with Crippen LogP contribution in [0.3, 0.4) is 0 Å². The number of hydrogen-bond acceptors (Lipinski definition) is 1. The fraction of sp³-hybridized carbons (Fsp3) is 0.500. The Balaban J connectivity index is 2.74. The summed E-state index contributed by atoms with van der Waals surface area (Å²) in [6.45, 7) is 2.19. The second-order valence-corrected chi connectivity index (χ2v) is 5.43. The molecule has 84 valence electrons. The van der Waals surface area contributed by atoms with E-state index in [9.17, 15) is 4.21 Å². The van der Waals surface area contributed by atoms with Crippen LogP contribution in [-0.4, -0.2) is 10.5 Å². The molecule has 15 heavy (non-hydrogen) atoms. The molecule has 0 aliphatic rings. The fourth-order valence-electron chi connectivity index (χ4n) is 1.50. The van der Waals surface area contributed by atoms with Crippen LogP contribution in [0.15, 0.2) is 23.1 Å². The van der Waals surface area contributed by atoms with Crippen LogP contribution in [0.2, 0.25) is 5.02 Å². The molecule has 3 heteroatoms. The van der Waals surface area contributed by atoms with Crippen LogP contribution in [0.5, 0.6) is 0 Å². The van der Waals surface area contributed by atoms with Gasteiger partial charge in [-0.25, -0.2) is 0 Å². The Bertz CT molecular complexity index is 349. The lowest BCUT2D eigenvalue weighted by molar-refractivity contribution is 0.686. The first kappa shape index (κ1) is 12.7. The number of hydrogen-bond donors (Lipinski definition) is 0. The summed E-state index contributed by atoms with van der Waals surface area (Å²) in [4.78, 5) is 0.755. The number of rotatable bonds is 5. The summed E-state index contributed by atoms with van der Waals surface area (Å²) in [5.41, 5.74) is 1.23. The molecule has 1 unspecified atom stereocenters. The van der Waals surface area contributed by atoms with Crippen LogP contribution in [0.4, 0.5) is 0 Å². The maximum Gasteiger partial charge on any atom is 0.0574 e. The minimum Gasteiger partial charge on any atom is -0.255 e. The van der Waals surface area contributed by atoms with Gasteiger partial charge in [-0.15, -0.1) is 0 Å². The van der Waals surface area contributed by atoms with Crippen molar-refractivity contribution in [3.05, 3.63) is 28.8 Å². The van der Waals surface area contributed by atoms with Crippen LogP contribution in [0.1, 0.15) is 31.7 Å². The van der Waals surface area contributed by atoms with Gasteiger partial charge in [-0.2, -0.15) is 0 Å². The number of unbranched alkanes of at least 4 members (excludes halogenated alkanes) is 2. The molecule has 0 N–H and O–H groups in total. The third kappa shape index (κ3) is 3.96. The van der Waals surface area contributed by atoms with E-state index in [0.717, 1.165) is 11.3 Å². The molecule has 1 aromatic rings. The molecule has 0 aromatic heterocycles. The van der Waals surface area contributed by atoms with Crippen LogP contribution in [-0.2, 0) is 17.2 Å². The molecule has 0 bridgehead atoms. The van der Waals surface area contributed by atoms with Gasteiger partial charge in [-0.1, -0.05) is 37.4 Å². The molecule has 0 spiro atoms. The molecular formula is C12H17ClOS. The van der Waals surface area contributed by atoms with Gasteiger partial charge in [-0.3, -0.25) is 4.21 Å². The Kier molecular flexibility index (Phi) is 5.34. The zero-order valence-corrected chi connectivity index (χ0v) is 10.8. The van der Waals surface area contributed by atoms with Crippen LogP contribution in [0.25, 0.3) is 0 Å². The third-order valence-corrected chi connectivity index (χ3v) is 3.77. The molecule has 0 aliphatic heterocycles. The Morgan fingerprint density at radius 2 is 2.07 bits per heavy atom. The second kappa shape index (κ2) is 6.29. The number of aryl methyl sites for hydroxylation is 1. The third-order valence-electron chi connectivity index (χ3n) is 2.37. The Hall–Kier alpha value is -0.340. The highest BCUT2D eigenvalue weighted by molar-refractivity contribution is 7.84. The van der Waals surface area contributed by atoms with Gasteiger partial charge in [0.2, 0.25) is 0 Å². The first-order valence-corrected chi connectivity index (χ1v) is 7.20. The molecule has 0 fully saturated rings. The minimum atomic E-state index is -0.990. The van der Waals surface area contributed by atoms with E-state index in [1.165, 1.54) is 24.8 Å². The molecule has 0 aliphatic carbocycles. The molecule has 1 atom stereocenters. The Morgan fingerprint density at radius 3 is 2.67 bits per heavy atom. The highest BCUT2D eigenvalue weighted by atomic mass is 35.5. The molecule has 1 nitrogen and oxygen atoms in total. The summed E-state index contributed by atoms with van der Waals surface area (Å²) < 4.78 is 11.4. The van der Waals surface area contributed by atoms with Gasteiger partial charge in [0.25, 0.3) is 0 Å². The van der Waals surface area contributed by atoms with Crippen LogP contribution < -0.4 is 0 Å². The minimum absolute atomic E-state index is 0.607. The predicted octanol–water partition coefficient (Wildman–Crippen LogP) is 3.81. The van der Waals surface area contributed by atoms with Crippen molar-refractivity contribution in [2.45, 2.75) is 37.5 Å². The lowest BCUT2D eigenvalue weighted by Crippen LogP contribution is -1.92. The van der Waals surface area contributed by atoms with E-state index in [2.05, 4.69) is 6.92 Å². The van der Waals surface area contributed by atoms with Crippen molar-refractivity contribution in [2.24, 2.45) is 0 Å². The highest BCUT2D eigenvalue weighted by Gasteiger charge is 2.05. The predicted molar refractivity (Wildman–Crippen MR) is 67.0 cm³/mol. The normalized spacial score (nSPS) is 12.7. The molecular weight excluding hydrogens is 228 g/mol. The van der Waals surface area contributed by atoms with Gasteiger partial charge in [0.15, 0.2) is 0 Å². The first-order chi connectivity index (χ1) is 7.15. The van der Waals surface area contributed by atoms with Crippen LogP contribution in [0, 0.1) is 0 Å². The van der Waals surface area contributed by atoms with Gasteiger partial charge >= 0.3 is 0 Å². The fourth-order valence-corrected chi connectivity index (χ4v) is 2.61. The van der Waals surface area contributed by atoms with E-state index in [1.807, 2.05) is 18.2 Å². The van der Waals surface area contributed by atoms with E-state index < -0.39 is 10.8 Å². The average molecular weight is 245 g/mol. The van der Waals surface area contributed by atoms with Gasteiger partial charge in [0.1, 0.15) is 0 Å². The van der Waals surface area contributed by atoms with Crippen molar-refractivity contribution in [1.82, 2.24) is 0 Å². The first-order valence-electron chi connectivity index (χ1n) is 5.27. The van der Waals surface area contributed by atoms with E-state index >= 15 is 0 Å². The van der Waals surface area contributed by atoms with Crippen molar-refractivity contribution in [2.75, 3.05) is 6.26 Å². The highest BCUT2D eigenvalue weighted by Crippen LogP contribution is 2.21. The zero-order chi connectivity index (χ0) is 11.3. The average Bonchev–Trinajstić information content (AvgIpc) is 2.20. The quantitative estimate of drug-likeness (QED) is 0.720. The standard InChI is InChI=1S/C12H17ClOS/c1-3-4-5-6-10-7-8-11(13)12(9-10)15(2)14/h7-9H,3-6H2,1-2H3. The summed E-state index contributed by atoms with van der Waals surface area (Å²) in [7, 11) is -0.990.